The lowest BCUT2D eigenvalue weighted by Crippen LogP contribution is -2.03. The van der Waals surface area contributed by atoms with Gasteiger partial charge in [0.25, 0.3) is 0 Å². The van der Waals surface area contributed by atoms with Crippen LogP contribution in [0.4, 0.5) is 5.69 Å². The van der Waals surface area contributed by atoms with Gasteiger partial charge in [-0.3, -0.25) is 4.79 Å². The Morgan fingerprint density at radius 3 is 2.82 bits per heavy atom. The standard InChI is InChI=1S/C13H12ClNOS/c1-2-8-5-6-17-13(8)12(16)10-4-3-9(15)7-11(10)14/h3-7H,2,15H2,1H3. The normalized spacial score (nSPS) is 10.5. The Morgan fingerprint density at radius 2 is 2.18 bits per heavy atom. The van der Waals surface area contributed by atoms with Crippen LogP contribution in [0.1, 0.15) is 27.7 Å². The predicted octanol–water partition coefficient (Wildman–Crippen LogP) is 3.78. The van der Waals surface area contributed by atoms with Crippen molar-refractivity contribution in [1.29, 1.82) is 0 Å². The van der Waals surface area contributed by atoms with Crippen molar-refractivity contribution < 1.29 is 4.79 Å². The van der Waals surface area contributed by atoms with E-state index in [-0.39, 0.29) is 5.78 Å². The van der Waals surface area contributed by atoms with E-state index in [2.05, 4.69) is 0 Å². The molecular formula is C13H12ClNOS. The number of halogens is 1. The average Bonchev–Trinajstić information content (AvgIpc) is 2.76. The maximum Gasteiger partial charge on any atom is 0.204 e. The molecule has 1 aromatic heterocycles. The number of rotatable bonds is 3. The molecule has 0 unspecified atom stereocenters. The molecule has 0 fully saturated rings. The van der Waals surface area contributed by atoms with Gasteiger partial charge >= 0.3 is 0 Å². The lowest BCUT2D eigenvalue weighted by molar-refractivity contribution is 0.104. The summed E-state index contributed by atoms with van der Waals surface area (Å²) in [4.78, 5) is 13.1. The van der Waals surface area contributed by atoms with Crippen molar-refractivity contribution in [3.8, 4) is 0 Å². The summed E-state index contributed by atoms with van der Waals surface area (Å²) >= 11 is 7.49. The van der Waals surface area contributed by atoms with Gasteiger partial charge in [0.2, 0.25) is 5.78 Å². The van der Waals surface area contributed by atoms with Crippen molar-refractivity contribution >= 4 is 34.4 Å². The summed E-state index contributed by atoms with van der Waals surface area (Å²) in [6.07, 6.45) is 0.844. The second-order valence-electron chi connectivity index (χ2n) is 3.70. The first-order chi connectivity index (χ1) is 8.13. The topological polar surface area (TPSA) is 43.1 Å². The molecule has 17 heavy (non-hydrogen) atoms. The molecule has 2 rings (SSSR count). The first kappa shape index (κ1) is 12.1. The van der Waals surface area contributed by atoms with Gasteiger partial charge < -0.3 is 5.73 Å². The molecule has 1 heterocycles. The van der Waals surface area contributed by atoms with Crippen LogP contribution in [0.5, 0.6) is 0 Å². The molecule has 0 saturated carbocycles. The molecular weight excluding hydrogens is 254 g/mol. The molecule has 2 aromatic rings. The molecule has 88 valence electrons. The monoisotopic (exact) mass is 265 g/mol. The van der Waals surface area contributed by atoms with Crippen molar-refractivity contribution in [1.82, 2.24) is 0 Å². The van der Waals surface area contributed by atoms with E-state index in [1.807, 2.05) is 18.4 Å². The maximum atomic E-state index is 12.3. The summed E-state index contributed by atoms with van der Waals surface area (Å²) in [6, 6.07) is 6.95. The third kappa shape index (κ3) is 2.35. The maximum absolute atomic E-state index is 12.3. The van der Waals surface area contributed by atoms with E-state index >= 15 is 0 Å². The second-order valence-corrected chi connectivity index (χ2v) is 5.02. The Hall–Kier alpha value is -1.32. The molecule has 0 aliphatic carbocycles. The first-order valence-corrected chi connectivity index (χ1v) is 6.55. The number of nitrogen functional groups attached to an aromatic ring is 1. The molecule has 0 atom stereocenters. The number of carbonyl (C=O) groups is 1. The number of aryl methyl sites for hydroxylation is 1. The second kappa shape index (κ2) is 4.90. The molecule has 4 heteroatoms. The molecule has 0 amide bonds. The molecule has 0 saturated heterocycles. The fourth-order valence-corrected chi connectivity index (χ4v) is 2.88. The zero-order valence-corrected chi connectivity index (χ0v) is 10.9. The average molecular weight is 266 g/mol. The molecule has 0 aliphatic heterocycles. The smallest absolute Gasteiger partial charge is 0.204 e. The summed E-state index contributed by atoms with van der Waals surface area (Å²) in [5, 5.41) is 2.34. The molecule has 2 nitrogen and oxygen atoms in total. The van der Waals surface area contributed by atoms with Crippen LogP contribution in [0.3, 0.4) is 0 Å². The fourth-order valence-electron chi connectivity index (χ4n) is 1.65. The van der Waals surface area contributed by atoms with E-state index in [1.165, 1.54) is 11.3 Å². The molecule has 0 radical (unpaired) electrons. The molecule has 0 aliphatic rings. The van der Waals surface area contributed by atoms with Crippen LogP contribution < -0.4 is 5.73 Å². The van der Waals surface area contributed by atoms with Crippen LogP contribution in [-0.4, -0.2) is 5.78 Å². The van der Waals surface area contributed by atoms with E-state index in [1.54, 1.807) is 18.2 Å². The van der Waals surface area contributed by atoms with E-state index in [0.717, 1.165) is 16.9 Å². The lowest BCUT2D eigenvalue weighted by atomic mass is 10.1. The number of hydrogen-bond donors (Lipinski definition) is 1. The van der Waals surface area contributed by atoms with E-state index in [9.17, 15) is 4.79 Å². The van der Waals surface area contributed by atoms with Crippen LogP contribution in [0.2, 0.25) is 5.02 Å². The number of ketones is 1. The molecule has 1 aromatic carbocycles. The minimum atomic E-state index is -0.0261. The highest BCUT2D eigenvalue weighted by atomic mass is 35.5. The Labute approximate surface area is 109 Å². The van der Waals surface area contributed by atoms with E-state index < -0.39 is 0 Å². The van der Waals surface area contributed by atoms with E-state index in [4.69, 9.17) is 17.3 Å². The third-order valence-electron chi connectivity index (χ3n) is 2.57. The Kier molecular flexibility index (Phi) is 3.50. The highest BCUT2D eigenvalue weighted by molar-refractivity contribution is 7.12. The summed E-state index contributed by atoms with van der Waals surface area (Å²) < 4.78 is 0. The largest absolute Gasteiger partial charge is 0.399 e. The van der Waals surface area contributed by atoms with Gasteiger partial charge in [0.05, 0.1) is 9.90 Å². The van der Waals surface area contributed by atoms with Gasteiger partial charge in [0.1, 0.15) is 0 Å². The van der Waals surface area contributed by atoms with Gasteiger partial charge in [-0.05, 0) is 41.6 Å². The molecule has 0 spiro atoms. The Morgan fingerprint density at radius 1 is 1.41 bits per heavy atom. The predicted molar refractivity (Wildman–Crippen MR) is 73.0 cm³/mol. The van der Waals surface area contributed by atoms with Crippen molar-refractivity contribution in [2.24, 2.45) is 0 Å². The van der Waals surface area contributed by atoms with Crippen LogP contribution >= 0.6 is 22.9 Å². The van der Waals surface area contributed by atoms with Crippen LogP contribution in [-0.2, 0) is 6.42 Å². The van der Waals surface area contributed by atoms with Crippen LogP contribution in [0, 0.1) is 0 Å². The number of anilines is 1. The van der Waals surface area contributed by atoms with Gasteiger partial charge in [-0.2, -0.15) is 0 Å². The number of carbonyl (C=O) groups excluding carboxylic acids is 1. The zero-order valence-electron chi connectivity index (χ0n) is 9.37. The number of hydrogen-bond acceptors (Lipinski definition) is 3. The molecule has 2 N–H and O–H groups in total. The quantitative estimate of drug-likeness (QED) is 0.678. The van der Waals surface area contributed by atoms with Gasteiger partial charge in [-0.25, -0.2) is 0 Å². The highest BCUT2D eigenvalue weighted by Crippen LogP contribution is 2.26. The SMILES string of the molecule is CCc1ccsc1C(=O)c1ccc(N)cc1Cl. The van der Waals surface area contributed by atoms with Crippen molar-refractivity contribution in [3.05, 3.63) is 50.7 Å². The summed E-state index contributed by atoms with van der Waals surface area (Å²) in [7, 11) is 0. The first-order valence-electron chi connectivity index (χ1n) is 5.29. The Bertz CT molecular complexity index is 562. The number of benzene rings is 1. The van der Waals surface area contributed by atoms with Gasteiger partial charge in [-0.15, -0.1) is 11.3 Å². The number of nitrogens with two attached hydrogens (primary N) is 1. The minimum Gasteiger partial charge on any atom is -0.399 e. The highest BCUT2D eigenvalue weighted by Gasteiger charge is 2.17. The van der Waals surface area contributed by atoms with Crippen LogP contribution in [0.25, 0.3) is 0 Å². The van der Waals surface area contributed by atoms with Gasteiger partial charge in [-0.1, -0.05) is 18.5 Å². The van der Waals surface area contributed by atoms with Gasteiger partial charge in [0, 0.05) is 11.3 Å². The van der Waals surface area contributed by atoms with Gasteiger partial charge in [0.15, 0.2) is 0 Å². The fraction of sp³-hybridized carbons (Fsp3) is 0.154. The Balaban J connectivity index is 2.44. The molecule has 0 bridgehead atoms. The minimum absolute atomic E-state index is 0.0261. The third-order valence-corrected chi connectivity index (χ3v) is 3.84. The summed E-state index contributed by atoms with van der Waals surface area (Å²) in [5.41, 5.74) is 7.75. The summed E-state index contributed by atoms with van der Waals surface area (Å²) in [6.45, 7) is 2.03. The summed E-state index contributed by atoms with van der Waals surface area (Å²) in [5.74, 6) is -0.0261. The van der Waals surface area contributed by atoms with Crippen molar-refractivity contribution in [2.75, 3.05) is 5.73 Å². The number of thiophene rings is 1. The van der Waals surface area contributed by atoms with Crippen molar-refractivity contribution in [2.45, 2.75) is 13.3 Å². The van der Waals surface area contributed by atoms with Crippen LogP contribution in [0.15, 0.2) is 29.6 Å². The zero-order chi connectivity index (χ0) is 12.4. The van der Waals surface area contributed by atoms with E-state index in [0.29, 0.717) is 16.3 Å². The lowest BCUT2D eigenvalue weighted by Gasteiger charge is -2.04. The van der Waals surface area contributed by atoms with Crippen molar-refractivity contribution in [3.63, 3.8) is 0 Å².